The molecule has 7 rings (SSSR count). The topological polar surface area (TPSA) is 69.7 Å². The molecule has 2 saturated heterocycles. The number of imide groups is 1. The maximum atomic E-state index is 14.2. The van der Waals surface area contributed by atoms with Crippen molar-refractivity contribution in [1.82, 2.24) is 4.90 Å². The molecular formula is C31H23N3O3. The Bertz CT molecular complexity index is 1610. The van der Waals surface area contributed by atoms with Gasteiger partial charge in [0.1, 0.15) is 6.04 Å². The van der Waals surface area contributed by atoms with Gasteiger partial charge >= 0.3 is 0 Å². The zero-order chi connectivity index (χ0) is 25.1. The van der Waals surface area contributed by atoms with E-state index in [9.17, 15) is 14.4 Å². The van der Waals surface area contributed by atoms with Gasteiger partial charge in [0.05, 0.1) is 23.6 Å². The van der Waals surface area contributed by atoms with Crippen LogP contribution in [-0.2, 0) is 14.4 Å². The molecule has 4 atom stereocenters. The van der Waals surface area contributed by atoms with E-state index >= 15 is 0 Å². The van der Waals surface area contributed by atoms with Crippen LogP contribution in [0.4, 0.5) is 11.4 Å². The number of nitrogens with zero attached hydrogens (tertiary/aromatic N) is 2. The minimum Gasteiger partial charge on any atom is -0.357 e. The van der Waals surface area contributed by atoms with Gasteiger partial charge in [0.2, 0.25) is 17.7 Å². The van der Waals surface area contributed by atoms with Crippen molar-refractivity contribution < 1.29 is 14.4 Å². The molecule has 180 valence electrons. The zero-order valence-electron chi connectivity index (χ0n) is 19.8. The first kappa shape index (κ1) is 21.6. The highest BCUT2D eigenvalue weighted by atomic mass is 16.2. The van der Waals surface area contributed by atoms with Gasteiger partial charge in [0.25, 0.3) is 0 Å². The Morgan fingerprint density at radius 3 is 2.30 bits per heavy atom. The van der Waals surface area contributed by atoms with Crippen LogP contribution in [0.2, 0.25) is 0 Å². The third-order valence-electron chi connectivity index (χ3n) is 7.78. The second-order valence-electron chi connectivity index (χ2n) is 9.70. The van der Waals surface area contributed by atoms with Crippen LogP contribution in [0.1, 0.15) is 17.2 Å². The predicted molar refractivity (Wildman–Crippen MR) is 142 cm³/mol. The Balaban J connectivity index is 1.36. The molecular weight excluding hydrogens is 462 g/mol. The summed E-state index contributed by atoms with van der Waals surface area (Å²) in [6.45, 7) is 0. The molecule has 0 bridgehead atoms. The normalized spacial score (nSPS) is 23.7. The lowest BCUT2D eigenvalue weighted by Gasteiger charge is -2.35. The van der Waals surface area contributed by atoms with Gasteiger partial charge in [-0.3, -0.25) is 14.4 Å². The maximum absolute atomic E-state index is 14.2. The largest absolute Gasteiger partial charge is 0.357 e. The molecule has 0 radical (unpaired) electrons. The average Bonchev–Trinajstić information content (AvgIpc) is 3.41. The summed E-state index contributed by atoms with van der Waals surface area (Å²) in [5, 5.41) is 4.76. The van der Waals surface area contributed by atoms with E-state index in [0.29, 0.717) is 11.4 Å². The van der Waals surface area contributed by atoms with E-state index in [1.165, 1.54) is 4.90 Å². The Hall–Kier alpha value is -4.71. The van der Waals surface area contributed by atoms with E-state index < -0.39 is 23.9 Å². The minimum atomic E-state index is -0.823. The highest BCUT2D eigenvalue weighted by Gasteiger charge is 2.64. The van der Waals surface area contributed by atoms with Crippen molar-refractivity contribution in [3.63, 3.8) is 0 Å². The summed E-state index contributed by atoms with van der Waals surface area (Å²) in [6, 6.07) is 29.2. The van der Waals surface area contributed by atoms with Gasteiger partial charge in [-0.1, -0.05) is 78.9 Å². The van der Waals surface area contributed by atoms with Gasteiger partial charge in [-0.05, 0) is 40.8 Å². The molecule has 1 N–H and O–H groups in total. The third kappa shape index (κ3) is 3.15. The molecule has 6 heteroatoms. The third-order valence-corrected chi connectivity index (χ3v) is 7.78. The molecule has 4 aromatic rings. The maximum Gasteiger partial charge on any atom is 0.247 e. The molecule has 6 nitrogen and oxygen atoms in total. The fraction of sp³-hybridized carbons (Fsp3) is 0.129. The SMILES string of the molecule is O=C(Nc1ccccc1)[C@H]1[C@H]2C(=O)N(c3cccc4ccccc34)C(=O)[C@H]2[C@@H]2c3ccccc3C=CN12. The predicted octanol–water partition coefficient (Wildman–Crippen LogP) is 4.99. The summed E-state index contributed by atoms with van der Waals surface area (Å²) in [6.07, 6.45) is 3.82. The van der Waals surface area contributed by atoms with Crippen LogP contribution in [0.5, 0.6) is 0 Å². The molecule has 4 aromatic carbocycles. The Morgan fingerprint density at radius 2 is 1.43 bits per heavy atom. The van der Waals surface area contributed by atoms with Crippen molar-refractivity contribution in [1.29, 1.82) is 0 Å². The van der Waals surface area contributed by atoms with Crippen LogP contribution in [0.3, 0.4) is 0 Å². The first-order valence-corrected chi connectivity index (χ1v) is 12.4. The lowest BCUT2D eigenvalue weighted by molar-refractivity contribution is -0.128. The van der Waals surface area contributed by atoms with Crippen molar-refractivity contribution in [2.45, 2.75) is 12.1 Å². The standard InChI is InChI=1S/C31H23N3O3/c35-29(32-21-12-2-1-3-13-21)28-26-25(27-23-15-7-5-10-20(23)17-18-33(27)28)30(36)34(31(26)37)24-16-8-11-19-9-4-6-14-22(19)24/h1-18,25-28H,(H,32,35)/t25-,26+,27+,28-/m1/s1. The van der Waals surface area contributed by atoms with Crippen LogP contribution in [0.15, 0.2) is 103 Å². The van der Waals surface area contributed by atoms with Crippen LogP contribution >= 0.6 is 0 Å². The number of carbonyl (C=O) groups is 3. The van der Waals surface area contributed by atoms with E-state index in [2.05, 4.69) is 5.32 Å². The van der Waals surface area contributed by atoms with E-state index in [-0.39, 0.29) is 17.7 Å². The zero-order valence-corrected chi connectivity index (χ0v) is 19.8. The van der Waals surface area contributed by atoms with Crippen LogP contribution in [0, 0.1) is 11.8 Å². The molecule has 0 spiro atoms. The van der Waals surface area contributed by atoms with Crippen molar-refractivity contribution in [3.05, 3.63) is 114 Å². The molecule has 3 aliphatic heterocycles. The number of anilines is 2. The molecule has 3 aliphatic rings. The molecule has 3 amide bonds. The quantitative estimate of drug-likeness (QED) is 0.415. The van der Waals surface area contributed by atoms with Crippen molar-refractivity contribution in [3.8, 4) is 0 Å². The Morgan fingerprint density at radius 1 is 0.730 bits per heavy atom. The molecule has 37 heavy (non-hydrogen) atoms. The highest BCUT2D eigenvalue weighted by molar-refractivity contribution is 6.26. The Kier molecular flexibility index (Phi) is 4.76. The number of amides is 3. The fourth-order valence-electron chi connectivity index (χ4n) is 6.24. The average molecular weight is 486 g/mol. The summed E-state index contributed by atoms with van der Waals surface area (Å²) in [5.41, 5.74) is 3.17. The summed E-state index contributed by atoms with van der Waals surface area (Å²) in [5.74, 6) is -2.38. The van der Waals surface area contributed by atoms with Gasteiger partial charge in [-0.2, -0.15) is 0 Å². The lowest BCUT2D eigenvalue weighted by Crippen LogP contribution is -2.46. The number of fused-ring (bicyclic) bond motifs is 6. The fourth-order valence-corrected chi connectivity index (χ4v) is 6.24. The van der Waals surface area contributed by atoms with Gasteiger partial charge in [-0.25, -0.2) is 4.90 Å². The minimum absolute atomic E-state index is 0.263. The number of carbonyl (C=O) groups excluding carboxylic acids is 3. The van der Waals surface area contributed by atoms with E-state index in [0.717, 1.165) is 21.9 Å². The number of para-hydroxylation sites is 1. The summed E-state index contributed by atoms with van der Waals surface area (Å²) >= 11 is 0. The Labute approximate surface area is 213 Å². The van der Waals surface area contributed by atoms with E-state index in [1.807, 2.05) is 114 Å². The lowest BCUT2D eigenvalue weighted by atomic mass is 9.84. The second-order valence-corrected chi connectivity index (χ2v) is 9.70. The van der Waals surface area contributed by atoms with Gasteiger partial charge < -0.3 is 10.2 Å². The van der Waals surface area contributed by atoms with Crippen molar-refractivity contribution in [2.24, 2.45) is 11.8 Å². The molecule has 2 fully saturated rings. The van der Waals surface area contributed by atoms with Crippen molar-refractivity contribution in [2.75, 3.05) is 10.2 Å². The first-order valence-electron chi connectivity index (χ1n) is 12.4. The molecule has 3 heterocycles. The molecule has 0 unspecified atom stereocenters. The number of hydrogen-bond donors (Lipinski definition) is 1. The van der Waals surface area contributed by atoms with Crippen LogP contribution in [0.25, 0.3) is 16.8 Å². The number of nitrogens with one attached hydrogen (secondary N) is 1. The summed E-state index contributed by atoms with van der Waals surface area (Å²) < 4.78 is 0. The molecule has 0 saturated carbocycles. The highest BCUT2D eigenvalue weighted by Crippen LogP contribution is 2.53. The summed E-state index contributed by atoms with van der Waals surface area (Å²) in [7, 11) is 0. The van der Waals surface area contributed by atoms with E-state index in [4.69, 9.17) is 0 Å². The number of hydrogen-bond acceptors (Lipinski definition) is 4. The summed E-state index contributed by atoms with van der Waals surface area (Å²) in [4.78, 5) is 45.3. The molecule has 0 aliphatic carbocycles. The van der Waals surface area contributed by atoms with Crippen LogP contribution < -0.4 is 10.2 Å². The number of benzene rings is 4. The van der Waals surface area contributed by atoms with Gasteiger partial charge in [0.15, 0.2) is 0 Å². The van der Waals surface area contributed by atoms with Gasteiger partial charge in [-0.15, -0.1) is 0 Å². The molecule has 0 aromatic heterocycles. The van der Waals surface area contributed by atoms with Crippen LogP contribution in [-0.4, -0.2) is 28.7 Å². The number of rotatable bonds is 3. The monoisotopic (exact) mass is 485 g/mol. The second kappa shape index (κ2) is 8.17. The van der Waals surface area contributed by atoms with Gasteiger partial charge in [0, 0.05) is 17.3 Å². The van der Waals surface area contributed by atoms with Crippen molar-refractivity contribution >= 4 is 45.9 Å². The smallest absolute Gasteiger partial charge is 0.247 e. The first-order chi connectivity index (χ1) is 18.1. The van der Waals surface area contributed by atoms with E-state index in [1.54, 1.807) is 0 Å².